The van der Waals surface area contributed by atoms with E-state index in [0.29, 0.717) is 18.3 Å². The summed E-state index contributed by atoms with van der Waals surface area (Å²) in [5.74, 6) is 0.128. The van der Waals surface area contributed by atoms with Gasteiger partial charge in [0, 0.05) is 30.4 Å². The van der Waals surface area contributed by atoms with Gasteiger partial charge in [-0.05, 0) is 52.6 Å². The standard InChI is InChI=1S/C18H28N4O/c1-4-10-22-16-9-8-14(20(2)3)13-15(16)17(19-22)18(23)21-11-6-5-7-12-21/h4,14H,1,5-13H2,2-3H3. The Bertz CT molecular complexity index is 584. The van der Waals surface area contributed by atoms with Crippen LogP contribution in [0.2, 0.25) is 0 Å². The third-order valence-corrected chi connectivity index (χ3v) is 5.20. The zero-order valence-corrected chi connectivity index (χ0v) is 14.4. The van der Waals surface area contributed by atoms with Gasteiger partial charge < -0.3 is 9.80 Å². The van der Waals surface area contributed by atoms with Crippen LogP contribution in [0.5, 0.6) is 0 Å². The van der Waals surface area contributed by atoms with E-state index >= 15 is 0 Å². The second kappa shape index (κ2) is 6.87. The molecular formula is C18H28N4O. The number of piperidine rings is 1. The van der Waals surface area contributed by atoms with Crippen LogP contribution in [0.25, 0.3) is 0 Å². The molecule has 1 aromatic heterocycles. The van der Waals surface area contributed by atoms with E-state index in [9.17, 15) is 4.79 Å². The predicted octanol–water partition coefficient (Wildman–Crippen LogP) is 2.11. The second-order valence-electron chi connectivity index (χ2n) is 6.96. The number of likely N-dealkylation sites (N-methyl/N-ethyl adjacent to an activating group) is 1. The molecule has 5 nitrogen and oxygen atoms in total. The maximum absolute atomic E-state index is 13.0. The Hall–Kier alpha value is -1.62. The molecule has 1 unspecified atom stereocenters. The molecule has 0 radical (unpaired) electrons. The molecular weight excluding hydrogens is 288 g/mol. The lowest BCUT2D eigenvalue weighted by molar-refractivity contribution is 0.0716. The molecule has 1 aliphatic heterocycles. The normalized spacial score (nSPS) is 21.3. The van der Waals surface area contributed by atoms with Gasteiger partial charge in [0.15, 0.2) is 5.69 Å². The molecule has 0 saturated carbocycles. The zero-order chi connectivity index (χ0) is 16.4. The number of nitrogens with zero attached hydrogens (tertiary/aromatic N) is 4. The fourth-order valence-corrected chi connectivity index (χ4v) is 3.80. The van der Waals surface area contributed by atoms with Crippen LogP contribution < -0.4 is 0 Å². The highest BCUT2D eigenvalue weighted by Gasteiger charge is 2.31. The summed E-state index contributed by atoms with van der Waals surface area (Å²) in [5.41, 5.74) is 3.10. The van der Waals surface area contributed by atoms with Gasteiger partial charge in [-0.15, -0.1) is 6.58 Å². The fourth-order valence-electron chi connectivity index (χ4n) is 3.80. The lowest BCUT2D eigenvalue weighted by atomic mass is 9.90. The number of carbonyl (C=O) groups excluding carboxylic acids is 1. The van der Waals surface area contributed by atoms with Crippen LogP contribution >= 0.6 is 0 Å². The Morgan fingerprint density at radius 1 is 1.35 bits per heavy atom. The minimum atomic E-state index is 0.128. The van der Waals surface area contributed by atoms with Crippen molar-refractivity contribution in [3.8, 4) is 0 Å². The lowest BCUT2D eigenvalue weighted by Crippen LogP contribution is -2.38. The van der Waals surface area contributed by atoms with Crippen LogP contribution in [0.4, 0.5) is 0 Å². The molecule has 1 atom stereocenters. The lowest BCUT2D eigenvalue weighted by Gasteiger charge is -2.30. The third-order valence-electron chi connectivity index (χ3n) is 5.20. The van der Waals surface area contributed by atoms with Crippen LogP contribution in [0, 0.1) is 0 Å². The summed E-state index contributed by atoms with van der Waals surface area (Å²) in [7, 11) is 4.24. The summed E-state index contributed by atoms with van der Waals surface area (Å²) in [6, 6.07) is 0.497. The Morgan fingerprint density at radius 2 is 2.09 bits per heavy atom. The van der Waals surface area contributed by atoms with Gasteiger partial charge in [-0.25, -0.2) is 0 Å². The second-order valence-corrected chi connectivity index (χ2v) is 6.96. The zero-order valence-electron chi connectivity index (χ0n) is 14.4. The number of carbonyl (C=O) groups is 1. The van der Waals surface area contributed by atoms with Crippen molar-refractivity contribution >= 4 is 5.91 Å². The van der Waals surface area contributed by atoms with Crippen LogP contribution in [0.15, 0.2) is 12.7 Å². The van der Waals surface area contributed by atoms with Crippen molar-refractivity contribution in [2.24, 2.45) is 0 Å². The molecule has 1 amide bonds. The summed E-state index contributed by atoms with van der Waals surface area (Å²) in [4.78, 5) is 17.2. The van der Waals surface area contributed by atoms with Gasteiger partial charge >= 0.3 is 0 Å². The Balaban J connectivity index is 1.92. The van der Waals surface area contributed by atoms with Gasteiger partial charge in [0.2, 0.25) is 0 Å². The van der Waals surface area contributed by atoms with Gasteiger partial charge in [0.1, 0.15) is 0 Å². The minimum absolute atomic E-state index is 0.128. The minimum Gasteiger partial charge on any atom is -0.337 e. The van der Waals surface area contributed by atoms with Crippen molar-refractivity contribution in [3.05, 3.63) is 29.6 Å². The van der Waals surface area contributed by atoms with Crippen LogP contribution in [-0.2, 0) is 19.4 Å². The number of hydrogen-bond donors (Lipinski definition) is 0. The molecule has 0 N–H and O–H groups in total. The van der Waals surface area contributed by atoms with E-state index in [0.717, 1.165) is 45.2 Å². The van der Waals surface area contributed by atoms with Gasteiger partial charge in [-0.1, -0.05) is 6.08 Å². The molecule has 0 aromatic carbocycles. The maximum Gasteiger partial charge on any atom is 0.274 e. The quantitative estimate of drug-likeness (QED) is 0.799. The van der Waals surface area contributed by atoms with Crippen molar-refractivity contribution in [2.75, 3.05) is 27.2 Å². The van der Waals surface area contributed by atoms with E-state index in [1.807, 2.05) is 15.7 Å². The summed E-state index contributed by atoms with van der Waals surface area (Å²) < 4.78 is 1.99. The molecule has 126 valence electrons. The fraction of sp³-hybridized carbons (Fsp3) is 0.667. The molecule has 1 aromatic rings. The van der Waals surface area contributed by atoms with Crippen molar-refractivity contribution in [2.45, 2.75) is 51.1 Å². The Morgan fingerprint density at radius 3 is 2.74 bits per heavy atom. The average molecular weight is 316 g/mol. The summed E-state index contributed by atoms with van der Waals surface area (Å²) in [6.07, 6.45) is 8.36. The highest BCUT2D eigenvalue weighted by molar-refractivity contribution is 5.94. The summed E-state index contributed by atoms with van der Waals surface area (Å²) >= 11 is 0. The molecule has 0 bridgehead atoms. The number of amides is 1. The molecule has 5 heteroatoms. The summed E-state index contributed by atoms with van der Waals surface area (Å²) in [5, 5.41) is 4.69. The first kappa shape index (κ1) is 16.2. The van der Waals surface area contributed by atoms with E-state index in [1.54, 1.807) is 0 Å². The molecule has 1 saturated heterocycles. The van der Waals surface area contributed by atoms with E-state index in [4.69, 9.17) is 0 Å². The average Bonchev–Trinajstić information content (AvgIpc) is 2.93. The molecule has 2 aliphatic rings. The highest BCUT2D eigenvalue weighted by atomic mass is 16.2. The Labute approximate surface area is 138 Å². The number of aromatic nitrogens is 2. The number of hydrogen-bond acceptors (Lipinski definition) is 3. The van der Waals surface area contributed by atoms with Crippen molar-refractivity contribution in [3.63, 3.8) is 0 Å². The molecule has 1 aliphatic carbocycles. The van der Waals surface area contributed by atoms with Crippen LogP contribution in [0.1, 0.15) is 47.4 Å². The van der Waals surface area contributed by atoms with Crippen molar-refractivity contribution in [1.29, 1.82) is 0 Å². The predicted molar refractivity (Wildman–Crippen MR) is 91.7 cm³/mol. The third kappa shape index (κ3) is 3.20. The topological polar surface area (TPSA) is 41.4 Å². The number of rotatable bonds is 4. The monoisotopic (exact) mass is 316 g/mol. The van der Waals surface area contributed by atoms with Crippen LogP contribution in [0.3, 0.4) is 0 Å². The van der Waals surface area contributed by atoms with Gasteiger partial charge in [-0.2, -0.15) is 5.10 Å². The smallest absolute Gasteiger partial charge is 0.274 e. The first-order chi connectivity index (χ1) is 11.1. The largest absolute Gasteiger partial charge is 0.337 e. The molecule has 0 spiro atoms. The first-order valence-corrected chi connectivity index (χ1v) is 8.77. The van der Waals surface area contributed by atoms with Gasteiger partial charge in [0.25, 0.3) is 5.91 Å². The summed E-state index contributed by atoms with van der Waals surface area (Å²) in [6.45, 7) is 6.26. The SMILES string of the molecule is C=CCn1nc(C(=O)N2CCCCC2)c2c1CCC(N(C)C)C2. The molecule has 3 rings (SSSR count). The van der Waals surface area contributed by atoms with Gasteiger partial charge in [-0.3, -0.25) is 9.48 Å². The van der Waals surface area contributed by atoms with E-state index < -0.39 is 0 Å². The number of likely N-dealkylation sites (tertiary alicyclic amines) is 1. The Kier molecular flexibility index (Phi) is 4.85. The highest BCUT2D eigenvalue weighted by Crippen LogP contribution is 2.28. The van der Waals surface area contributed by atoms with Gasteiger partial charge in [0.05, 0.1) is 6.54 Å². The maximum atomic E-state index is 13.0. The molecule has 1 fully saturated rings. The number of fused-ring (bicyclic) bond motifs is 1. The van der Waals surface area contributed by atoms with E-state index in [1.165, 1.54) is 17.7 Å². The van der Waals surface area contributed by atoms with Crippen molar-refractivity contribution in [1.82, 2.24) is 19.6 Å². The molecule has 2 heterocycles. The van der Waals surface area contributed by atoms with Crippen LogP contribution in [-0.4, -0.2) is 58.7 Å². The van der Waals surface area contributed by atoms with Crippen molar-refractivity contribution < 1.29 is 4.79 Å². The molecule has 23 heavy (non-hydrogen) atoms. The van der Waals surface area contributed by atoms with E-state index in [2.05, 4.69) is 30.7 Å². The number of allylic oxidation sites excluding steroid dienone is 1. The first-order valence-electron chi connectivity index (χ1n) is 8.77. The van der Waals surface area contributed by atoms with E-state index in [-0.39, 0.29) is 5.91 Å².